The van der Waals surface area contributed by atoms with Crippen LogP contribution in [0.3, 0.4) is 0 Å². The van der Waals surface area contributed by atoms with Gasteiger partial charge in [0, 0.05) is 5.92 Å². The van der Waals surface area contributed by atoms with Crippen LogP contribution in [0.25, 0.3) is 5.57 Å². The summed E-state index contributed by atoms with van der Waals surface area (Å²) in [6.07, 6.45) is 29.1. The van der Waals surface area contributed by atoms with Gasteiger partial charge in [-0.05, 0) is 98.6 Å². The first-order valence-electron chi connectivity index (χ1n) is 15.8. The van der Waals surface area contributed by atoms with Crippen molar-refractivity contribution in [2.24, 2.45) is 17.3 Å². The van der Waals surface area contributed by atoms with Crippen LogP contribution in [-0.4, -0.2) is 0 Å². The average Bonchev–Trinajstić information content (AvgIpc) is 3.23. The first-order chi connectivity index (χ1) is 20.2. The van der Waals surface area contributed by atoms with Gasteiger partial charge in [-0.1, -0.05) is 146 Å². The Balaban J connectivity index is 0.000000199. The van der Waals surface area contributed by atoms with Crippen molar-refractivity contribution in [3.8, 4) is 0 Å². The largest absolute Gasteiger partial charge is 0.0873 e. The highest BCUT2D eigenvalue weighted by atomic mass is 14.5. The Labute approximate surface area is 255 Å². The van der Waals surface area contributed by atoms with E-state index in [4.69, 9.17) is 0 Å². The Morgan fingerprint density at radius 1 is 0.762 bits per heavy atom. The molecule has 0 aromatic heterocycles. The Kier molecular flexibility index (Phi) is 8.74. The lowest BCUT2D eigenvalue weighted by atomic mass is 9.61. The fraction of sp³-hybridized carbons (Fsp3) is 0.333. The fourth-order valence-corrected chi connectivity index (χ4v) is 7.04. The second-order valence-electron chi connectivity index (χ2n) is 13.3. The summed E-state index contributed by atoms with van der Waals surface area (Å²) >= 11 is 0. The second-order valence-corrected chi connectivity index (χ2v) is 13.3. The molecule has 2 aromatic carbocycles. The zero-order chi connectivity index (χ0) is 29.9. The summed E-state index contributed by atoms with van der Waals surface area (Å²) in [5.41, 5.74) is 12.9. The van der Waals surface area contributed by atoms with Gasteiger partial charge in [0.25, 0.3) is 0 Å². The third kappa shape index (κ3) is 5.82. The molecule has 4 aliphatic rings. The highest BCUT2D eigenvalue weighted by Gasteiger charge is 2.48. The lowest BCUT2D eigenvalue weighted by Gasteiger charge is -2.41. The van der Waals surface area contributed by atoms with Crippen LogP contribution < -0.4 is 0 Å². The first-order valence-corrected chi connectivity index (χ1v) is 15.8. The molecule has 0 spiro atoms. The van der Waals surface area contributed by atoms with Gasteiger partial charge in [-0.3, -0.25) is 0 Å². The van der Waals surface area contributed by atoms with Gasteiger partial charge in [0.15, 0.2) is 0 Å². The number of fused-ring (bicyclic) bond motifs is 1. The number of hydrogen-bond donors (Lipinski definition) is 0. The number of hydrogen-bond acceptors (Lipinski definition) is 0. The van der Waals surface area contributed by atoms with Crippen molar-refractivity contribution in [3.63, 3.8) is 0 Å². The molecule has 0 heteroatoms. The third-order valence-corrected chi connectivity index (χ3v) is 9.57. The minimum atomic E-state index is -0.130. The van der Waals surface area contributed by atoms with Crippen molar-refractivity contribution in [1.29, 1.82) is 0 Å². The van der Waals surface area contributed by atoms with E-state index in [1.165, 1.54) is 63.0 Å². The molecule has 0 bridgehead atoms. The maximum absolute atomic E-state index is 2.44. The first kappa shape index (κ1) is 29.8. The van der Waals surface area contributed by atoms with E-state index in [1.54, 1.807) is 0 Å². The number of aryl methyl sites for hydroxylation is 1. The van der Waals surface area contributed by atoms with Crippen LogP contribution in [-0.2, 0) is 5.41 Å². The standard InChI is InChI=1S/C27H28.C15H20/c1-5-8-25-21(4)24-9-6-7-10-26(24)27(25,22-15-11-19(2)12-16-22)23-17-13-20(3)14-18-23;1-12-4-6-13(7-5-12)14-8-10-15(2,3)11-9-14/h5-17,23H,18H2,1-4H3;4-6,8-10,13H,7,11H2,1-3H3/b8-5-;. The molecule has 0 radical (unpaired) electrons. The molecular weight excluding hydrogens is 504 g/mol. The molecule has 216 valence electrons. The van der Waals surface area contributed by atoms with Crippen LogP contribution >= 0.6 is 0 Å². The maximum Gasteiger partial charge on any atom is 0.0525 e. The molecule has 3 atom stereocenters. The highest BCUT2D eigenvalue weighted by Crippen LogP contribution is 2.56. The van der Waals surface area contributed by atoms with E-state index in [2.05, 4.69) is 164 Å². The summed E-state index contributed by atoms with van der Waals surface area (Å²) in [6, 6.07) is 18.2. The van der Waals surface area contributed by atoms with E-state index in [0.717, 1.165) is 6.42 Å². The molecular formula is C42H48. The Bertz CT molecular complexity index is 1550. The predicted molar refractivity (Wildman–Crippen MR) is 183 cm³/mol. The van der Waals surface area contributed by atoms with Crippen molar-refractivity contribution >= 4 is 5.57 Å². The van der Waals surface area contributed by atoms with Crippen molar-refractivity contribution in [1.82, 2.24) is 0 Å². The van der Waals surface area contributed by atoms with E-state index in [1.807, 2.05) is 0 Å². The van der Waals surface area contributed by atoms with E-state index in [0.29, 0.717) is 17.3 Å². The van der Waals surface area contributed by atoms with Crippen LogP contribution in [0.5, 0.6) is 0 Å². The molecule has 6 rings (SSSR count). The average molecular weight is 553 g/mol. The van der Waals surface area contributed by atoms with Gasteiger partial charge < -0.3 is 0 Å². The molecule has 3 unspecified atom stereocenters. The molecule has 4 aliphatic carbocycles. The van der Waals surface area contributed by atoms with Gasteiger partial charge in [0.2, 0.25) is 0 Å². The molecule has 0 fully saturated rings. The topological polar surface area (TPSA) is 0 Å². The number of allylic oxidation sites excluding steroid dienone is 16. The van der Waals surface area contributed by atoms with E-state index < -0.39 is 0 Å². The molecule has 0 saturated heterocycles. The Morgan fingerprint density at radius 2 is 1.45 bits per heavy atom. The Hall–Kier alpha value is -3.64. The lowest BCUT2D eigenvalue weighted by molar-refractivity contribution is 0.452. The summed E-state index contributed by atoms with van der Waals surface area (Å²) in [5, 5.41) is 0. The zero-order valence-corrected chi connectivity index (χ0v) is 26.7. The second kappa shape index (κ2) is 12.3. The molecule has 42 heavy (non-hydrogen) atoms. The predicted octanol–water partition coefficient (Wildman–Crippen LogP) is 11.6. The van der Waals surface area contributed by atoms with Gasteiger partial charge in [0.05, 0.1) is 5.41 Å². The molecule has 0 amide bonds. The molecule has 0 nitrogen and oxygen atoms in total. The van der Waals surface area contributed by atoms with Gasteiger partial charge in [-0.2, -0.15) is 0 Å². The summed E-state index contributed by atoms with van der Waals surface area (Å²) in [7, 11) is 0. The van der Waals surface area contributed by atoms with Crippen molar-refractivity contribution in [3.05, 3.63) is 160 Å². The Morgan fingerprint density at radius 3 is 2.05 bits per heavy atom. The van der Waals surface area contributed by atoms with Gasteiger partial charge in [-0.25, -0.2) is 0 Å². The fourth-order valence-electron chi connectivity index (χ4n) is 7.04. The molecule has 2 aromatic rings. The van der Waals surface area contributed by atoms with Crippen LogP contribution in [0.2, 0.25) is 0 Å². The third-order valence-electron chi connectivity index (χ3n) is 9.57. The van der Waals surface area contributed by atoms with Crippen molar-refractivity contribution in [2.45, 2.75) is 73.1 Å². The summed E-state index contributed by atoms with van der Waals surface area (Å²) in [5.74, 6) is 1.02. The van der Waals surface area contributed by atoms with E-state index >= 15 is 0 Å². The highest BCUT2D eigenvalue weighted by molar-refractivity contribution is 5.84. The van der Waals surface area contributed by atoms with Gasteiger partial charge >= 0.3 is 0 Å². The molecule has 0 aliphatic heterocycles. The van der Waals surface area contributed by atoms with Crippen LogP contribution in [0.15, 0.2) is 138 Å². The normalized spacial score (nSPS) is 25.9. The van der Waals surface area contributed by atoms with Crippen LogP contribution in [0.4, 0.5) is 0 Å². The summed E-state index contributed by atoms with van der Waals surface area (Å²) in [4.78, 5) is 0. The molecule has 0 N–H and O–H groups in total. The van der Waals surface area contributed by atoms with Crippen molar-refractivity contribution < 1.29 is 0 Å². The summed E-state index contributed by atoms with van der Waals surface area (Å²) < 4.78 is 0. The monoisotopic (exact) mass is 552 g/mol. The lowest BCUT2D eigenvalue weighted by Crippen LogP contribution is -2.36. The smallest absolute Gasteiger partial charge is 0.0525 e. The van der Waals surface area contributed by atoms with E-state index in [9.17, 15) is 0 Å². The zero-order valence-electron chi connectivity index (χ0n) is 26.7. The number of benzene rings is 2. The quantitative estimate of drug-likeness (QED) is 0.354. The summed E-state index contributed by atoms with van der Waals surface area (Å²) in [6.45, 7) is 15.5. The minimum absolute atomic E-state index is 0.130. The minimum Gasteiger partial charge on any atom is -0.0873 e. The molecule has 0 heterocycles. The SMILES string of the molecule is C/C=C\C1=C(C)c2ccccc2C1(c1ccc(C)cc1)C1C=CC(C)=CC1.CC1=CCC(C2=CCC(C)(C)C=C2)C=C1. The van der Waals surface area contributed by atoms with Gasteiger partial charge in [-0.15, -0.1) is 0 Å². The van der Waals surface area contributed by atoms with Crippen LogP contribution in [0.1, 0.15) is 83.1 Å². The van der Waals surface area contributed by atoms with Crippen molar-refractivity contribution in [2.75, 3.05) is 0 Å². The molecule has 0 saturated carbocycles. The van der Waals surface area contributed by atoms with Crippen LogP contribution in [0, 0.1) is 24.2 Å². The maximum atomic E-state index is 2.44. The van der Waals surface area contributed by atoms with E-state index in [-0.39, 0.29) is 5.41 Å². The van der Waals surface area contributed by atoms with Gasteiger partial charge in [0.1, 0.15) is 0 Å². The number of rotatable bonds is 4.